The molecule has 146 valence electrons. The Morgan fingerprint density at radius 3 is 2.75 bits per heavy atom. The van der Waals surface area contributed by atoms with Gasteiger partial charge in [0.2, 0.25) is 0 Å². The molecule has 0 radical (unpaired) electrons. The Bertz CT molecular complexity index is 1000. The highest BCUT2D eigenvalue weighted by Crippen LogP contribution is 2.39. The molecule has 2 aromatic carbocycles. The number of hydrogen-bond acceptors (Lipinski definition) is 4. The first kappa shape index (κ1) is 19.0. The van der Waals surface area contributed by atoms with E-state index in [1.54, 1.807) is 19.2 Å². The molecule has 28 heavy (non-hydrogen) atoms. The van der Waals surface area contributed by atoms with Gasteiger partial charge >= 0.3 is 0 Å². The molecule has 1 fully saturated rings. The van der Waals surface area contributed by atoms with Gasteiger partial charge in [0.05, 0.1) is 5.56 Å². The normalized spacial score (nSPS) is 17.3. The van der Waals surface area contributed by atoms with Crippen molar-refractivity contribution >= 4 is 32.8 Å². The number of phenols is 1. The van der Waals surface area contributed by atoms with Crippen LogP contribution < -0.4 is 5.32 Å². The van der Waals surface area contributed by atoms with Crippen LogP contribution in [0, 0.1) is 0 Å². The summed E-state index contributed by atoms with van der Waals surface area (Å²) in [6.45, 7) is 2.86. The first-order valence-corrected chi connectivity index (χ1v) is 10.4. The molecule has 1 amide bonds. The predicted molar refractivity (Wildman–Crippen MR) is 114 cm³/mol. The average Bonchev–Trinajstić information content (AvgIpc) is 3.31. The molecule has 0 spiro atoms. The van der Waals surface area contributed by atoms with Crippen molar-refractivity contribution in [1.29, 1.82) is 0 Å². The standard InChI is InChI=1S/C22H23BrN2O3/c1-24-22(27)20-19-16(10-12-25-11-9-15(23)13-25)17(26)7-8-18(19)28-21(20)14-5-3-2-4-6-14/h2-8,15,26H,9-13H2,1H3,(H,24,27)/t15-/m0/s1. The Morgan fingerprint density at radius 2 is 2.07 bits per heavy atom. The Balaban J connectivity index is 1.81. The highest BCUT2D eigenvalue weighted by atomic mass is 79.9. The number of fused-ring (bicyclic) bond motifs is 1. The smallest absolute Gasteiger partial charge is 0.255 e. The topological polar surface area (TPSA) is 65.7 Å². The lowest BCUT2D eigenvalue weighted by atomic mass is 9.98. The zero-order valence-electron chi connectivity index (χ0n) is 15.7. The minimum Gasteiger partial charge on any atom is -0.508 e. The van der Waals surface area contributed by atoms with Crippen LogP contribution in [0.2, 0.25) is 0 Å². The lowest BCUT2D eigenvalue weighted by Crippen LogP contribution is -2.23. The summed E-state index contributed by atoms with van der Waals surface area (Å²) in [5, 5.41) is 14.0. The summed E-state index contributed by atoms with van der Waals surface area (Å²) in [5.74, 6) is 0.516. The lowest BCUT2D eigenvalue weighted by Gasteiger charge is -2.16. The Hall–Kier alpha value is -2.31. The molecule has 3 aromatic rings. The molecule has 0 saturated carbocycles. The van der Waals surface area contributed by atoms with Gasteiger partial charge in [-0.15, -0.1) is 0 Å². The molecule has 0 unspecified atom stereocenters. The summed E-state index contributed by atoms with van der Waals surface area (Å²) >= 11 is 3.67. The molecule has 2 N–H and O–H groups in total. The molecule has 2 heterocycles. The number of benzene rings is 2. The number of nitrogens with zero attached hydrogens (tertiary/aromatic N) is 1. The number of amides is 1. The summed E-state index contributed by atoms with van der Waals surface area (Å²) in [6, 6.07) is 13.0. The predicted octanol–water partition coefficient (Wildman–Crippen LogP) is 4.18. The van der Waals surface area contributed by atoms with Gasteiger partial charge in [-0.3, -0.25) is 4.79 Å². The van der Waals surface area contributed by atoms with Gasteiger partial charge in [-0.2, -0.15) is 0 Å². The van der Waals surface area contributed by atoms with E-state index in [9.17, 15) is 9.90 Å². The Kier molecular flexibility index (Phi) is 5.42. The molecule has 1 atom stereocenters. The van der Waals surface area contributed by atoms with Gasteiger partial charge in [0, 0.05) is 41.5 Å². The van der Waals surface area contributed by atoms with Crippen molar-refractivity contribution in [1.82, 2.24) is 10.2 Å². The fourth-order valence-corrected chi connectivity index (χ4v) is 4.51. The maximum absolute atomic E-state index is 12.8. The van der Waals surface area contributed by atoms with Crippen LogP contribution >= 0.6 is 15.9 Å². The minimum absolute atomic E-state index is 0.202. The van der Waals surface area contributed by atoms with Crippen LogP contribution in [0.15, 0.2) is 46.9 Å². The van der Waals surface area contributed by atoms with Crippen LogP contribution in [-0.4, -0.2) is 47.4 Å². The number of hydrogen-bond donors (Lipinski definition) is 2. The zero-order chi connectivity index (χ0) is 19.7. The van der Waals surface area contributed by atoms with Crippen molar-refractivity contribution in [3.05, 3.63) is 53.6 Å². The van der Waals surface area contributed by atoms with Crippen molar-refractivity contribution in [2.45, 2.75) is 17.7 Å². The number of halogens is 1. The van der Waals surface area contributed by atoms with E-state index in [0.29, 0.717) is 33.5 Å². The average molecular weight is 443 g/mol. The van der Waals surface area contributed by atoms with Gasteiger partial charge in [-0.1, -0.05) is 46.3 Å². The van der Waals surface area contributed by atoms with E-state index in [0.717, 1.165) is 37.2 Å². The molecule has 0 bridgehead atoms. The minimum atomic E-state index is -0.217. The molecule has 1 aliphatic rings. The summed E-state index contributed by atoms with van der Waals surface area (Å²) in [6.07, 6.45) is 1.78. The van der Waals surface area contributed by atoms with Crippen molar-refractivity contribution in [3.8, 4) is 17.1 Å². The molecule has 4 rings (SSSR count). The molecule has 1 saturated heterocycles. The third kappa shape index (κ3) is 3.54. The van der Waals surface area contributed by atoms with Crippen LogP contribution in [0.4, 0.5) is 0 Å². The lowest BCUT2D eigenvalue weighted by molar-refractivity contribution is 0.0964. The Morgan fingerprint density at radius 1 is 1.29 bits per heavy atom. The van der Waals surface area contributed by atoms with Crippen molar-refractivity contribution in [2.75, 3.05) is 26.7 Å². The quantitative estimate of drug-likeness (QED) is 0.581. The van der Waals surface area contributed by atoms with Gasteiger partial charge in [-0.05, 0) is 31.5 Å². The summed E-state index contributed by atoms with van der Waals surface area (Å²) in [7, 11) is 1.61. The number of likely N-dealkylation sites (tertiary alicyclic amines) is 1. The monoisotopic (exact) mass is 442 g/mol. The maximum Gasteiger partial charge on any atom is 0.255 e. The number of nitrogens with one attached hydrogen (secondary N) is 1. The van der Waals surface area contributed by atoms with Crippen molar-refractivity contribution in [2.24, 2.45) is 0 Å². The Labute approximate surface area is 172 Å². The number of furan rings is 1. The molecule has 1 aromatic heterocycles. The van der Waals surface area contributed by atoms with Gasteiger partial charge in [0.1, 0.15) is 17.1 Å². The van der Waals surface area contributed by atoms with Crippen LogP contribution in [-0.2, 0) is 6.42 Å². The van der Waals surface area contributed by atoms with Crippen LogP contribution in [0.25, 0.3) is 22.3 Å². The van der Waals surface area contributed by atoms with E-state index in [-0.39, 0.29) is 11.7 Å². The van der Waals surface area contributed by atoms with Gasteiger partial charge < -0.3 is 19.7 Å². The van der Waals surface area contributed by atoms with E-state index in [4.69, 9.17) is 4.42 Å². The number of phenolic OH excluding ortho intramolecular Hbond substituents is 1. The summed E-state index contributed by atoms with van der Waals surface area (Å²) in [5.41, 5.74) is 2.70. The van der Waals surface area contributed by atoms with Crippen LogP contribution in [0.5, 0.6) is 5.75 Å². The first-order chi connectivity index (χ1) is 13.6. The number of alkyl halides is 1. The third-order valence-corrected chi connectivity index (χ3v) is 6.07. The van der Waals surface area contributed by atoms with Crippen molar-refractivity contribution in [3.63, 3.8) is 0 Å². The van der Waals surface area contributed by atoms with Crippen molar-refractivity contribution < 1.29 is 14.3 Å². The van der Waals surface area contributed by atoms with E-state index < -0.39 is 0 Å². The van der Waals surface area contributed by atoms with E-state index in [2.05, 4.69) is 26.1 Å². The molecule has 1 aliphatic heterocycles. The molecular formula is C22H23BrN2O3. The molecule has 5 nitrogen and oxygen atoms in total. The molecule has 0 aliphatic carbocycles. The number of rotatable bonds is 5. The highest BCUT2D eigenvalue weighted by molar-refractivity contribution is 9.09. The number of carbonyl (C=O) groups excluding carboxylic acids is 1. The first-order valence-electron chi connectivity index (χ1n) is 9.49. The number of carbonyl (C=O) groups is 1. The SMILES string of the molecule is CNC(=O)c1c(-c2ccccc2)oc2ccc(O)c(CCN3CC[C@H](Br)C3)c12. The second-order valence-corrected chi connectivity index (χ2v) is 8.42. The van der Waals surface area contributed by atoms with Crippen LogP contribution in [0.3, 0.4) is 0 Å². The van der Waals surface area contributed by atoms with Gasteiger partial charge in [0.25, 0.3) is 5.91 Å². The van der Waals surface area contributed by atoms with Gasteiger partial charge in [0.15, 0.2) is 0 Å². The second-order valence-electron chi connectivity index (χ2n) is 7.12. The van der Waals surface area contributed by atoms with Crippen LogP contribution in [0.1, 0.15) is 22.3 Å². The zero-order valence-corrected chi connectivity index (χ0v) is 17.3. The molecule has 6 heteroatoms. The van der Waals surface area contributed by atoms with E-state index in [1.165, 1.54) is 0 Å². The largest absolute Gasteiger partial charge is 0.508 e. The van der Waals surface area contributed by atoms with Gasteiger partial charge in [-0.25, -0.2) is 0 Å². The third-order valence-electron chi connectivity index (χ3n) is 5.32. The second kappa shape index (κ2) is 7.97. The summed E-state index contributed by atoms with van der Waals surface area (Å²) in [4.78, 5) is 15.7. The van der Waals surface area contributed by atoms with E-state index >= 15 is 0 Å². The fraction of sp³-hybridized carbons (Fsp3) is 0.318. The highest BCUT2D eigenvalue weighted by Gasteiger charge is 2.26. The number of aromatic hydroxyl groups is 1. The fourth-order valence-electron chi connectivity index (χ4n) is 3.89. The molecular weight excluding hydrogens is 420 g/mol. The van der Waals surface area contributed by atoms with E-state index in [1.807, 2.05) is 30.3 Å². The summed E-state index contributed by atoms with van der Waals surface area (Å²) < 4.78 is 6.10. The maximum atomic E-state index is 12.8.